The summed E-state index contributed by atoms with van der Waals surface area (Å²) < 4.78 is 5.40. The Bertz CT molecular complexity index is 244. The van der Waals surface area contributed by atoms with E-state index in [1.165, 1.54) is 6.42 Å². The fraction of sp³-hybridized carbons (Fsp3) is 0.909. The van der Waals surface area contributed by atoms with Gasteiger partial charge in [-0.2, -0.15) is 0 Å². The van der Waals surface area contributed by atoms with Gasteiger partial charge >= 0.3 is 5.97 Å². The molecule has 4 nitrogen and oxygen atoms in total. The minimum Gasteiger partial charge on any atom is -0.480 e. The number of carbonyl (C=O) groups is 1. The van der Waals surface area contributed by atoms with Crippen LogP contribution in [-0.2, 0) is 9.53 Å². The van der Waals surface area contributed by atoms with Gasteiger partial charge in [0.15, 0.2) is 0 Å². The molecule has 0 spiro atoms. The van der Waals surface area contributed by atoms with E-state index in [1.54, 1.807) is 7.11 Å². The highest BCUT2D eigenvalue weighted by molar-refractivity contribution is 5.73. The van der Waals surface area contributed by atoms with E-state index in [1.807, 2.05) is 6.92 Å². The third kappa shape index (κ3) is 1.76. The van der Waals surface area contributed by atoms with Crippen LogP contribution in [0.5, 0.6) is 0 Å². The molecule has 15 heavy (non-hydrogen) atoms. The topological polar surface area (TPSA) is 49.8 Å². The zero-order chi connectivity index (χ0) is 11.0. The van der Waals surface area contributed by atoms with Gasteiger partial charge in [0, 0.05) is 20.2 Å². The average Bonchev–Trinajstić information content (AvgIpc) is 2.18. The van der Waals surface area contributed by atoms with Crippen molar-refractivity contribution in [3.63, 3.8) is 0 Å². The number of ether oxygens (including phenoxy) is 1. The van der Waals surface area contributed by atoms with Crippen LogP contribution in [0.15, 0.2) is 0 Å². The molecular formula is C11H19NO3. The Labute approximate surface area is 90.2 Å². The second-order valence-electron chi connectivity index (χ2n) is 4.67. The van der Waals surface area contributed by atoms with Crippen molar-refractivity contribution in [2.45, 2.75) is 31.9 Å². The number of carboxylic acids is 1. The van der Waals surface area contributed by atoms with Crippen molar-refractivity contribution >= 4 is 5.97 Å². The quantitative estimate of drug-likeness (QED) is 0.751. The van der Waals surface area contributed by atoms with Crippen molar-refractivity contribution in [2.24, 2.45) is 11.8 Å². The molecular weight excluding hydrogens is 194 g/mol. The van der Waals surface area contributed by atoms with Gasteiger partial charge in [0.25, 0.3) is 0 Å². The first-order valence-corrected chi connectivity index (χ1v) is 5.67. The predicted molar refractivity (Wildman–Crippen MR) is 55.7 cm³/mol. The van der Waals surface area contributed by atoms with Crippen molar-refractivity contribution in [2.75, 3.05) is 20.2 Å². The van der Waals surface area contributed by atoms with Crippen LogP contribution in [0, 0.1) is 11.8 Å². The maximum atomic E-state index is 11.0. The zero-order valence-electron chi connectivity index (χ0n) is 9.35. The molecule has 4 heteroatoms. The number of hydrogen-bond acceptors (Lipinski definition) is 3. The Hall–Kier alpha value is -0.610. The van der Waals surface area contributed by atoms with Crippen LogP contribution in [0.25, 0.3) is 0 Å². The van der Waals surface area contributed by atoms with Crippen LogP contribution >= 0.6 is 0 Å². The third-order valence-corrected chi connectivity index (χ3v) is 3.86. The zero-order valence-corrected chi connectivity index (χ0v) is 9.35. The Balaban J connectivity index is 1.95. The first-order valence-electron chi connectivity index (χ1n) is 5.67. The first-order chi connectivity index (χ1) is 7.17. The molecule has 2 saturated heterocycles. The average molecular weight is 213 g/mol. The molecule has 3 aliphatic rings. The lowest BCUT2D eigenvalue weighted by Gasteiger charge is -2.53. The summed E-state index contributed by atoms with van der Waals surface area (Å²) in [6.07, 6.45) is 2.28. The summed E-state index contributed by atoms with van der Waals surface area (Å²) in [6.45, 7) is 3.71. The summed E-state index contributed by atoms with van der Waals surface area (Å²) in [4.78, 5) is 13.1. The van der Waals surface area contributed by atoms with E-state index in [0.717, 1.165) is 13.1 Å². The third-order valence-electron chi connectivity index (χ3n) is 3.86. The fourth-order valence-corrected chi connectivity index (χ4v) is 3.11. The smallest absolute Gasteiger partial charge is 0.320 e. The van der Waals surface area contributed by atoms with Gasteiger partial charge in [-0.15, -0.1) is 0 Å². The van der Waals surface area contributed by atoms with E-state index in [9.17, 15) is 4.79 Å². The molecule has 2 aliphatic heterocycles. The molecule has 0 radical (unpaired) electrons. The van der Waals surface area contributed by atoms with Crippen molar-refractivity contribution in [1.82, 2.24) is 4.90 Å². The van der Waals surface area contributed by atoms with Gasteiger partial charge in [0.2, 0.25) is 0 Å². The van der Waals surface area contributed by atoms with Gasteiger partial charge in [-0.3, -0.25) is 9.69 Å². The molecule has 1 unspecified atom stereocenters. The molecule has 86 valence electrons. The van der Waals surface area contributed by atoms with Crippen LogP contribution in [0.4, 0.5) is 0 Å². The molecule has 1 aliphatic carbocycles. The Morgan fingerprint density at radius 1 is 1.53 bits per heavy atom. The summed E-state index contributed by atoms with van der Waals surface area (Å²) >= 11 is 0. The van der Waals surface area contributed by atoms with Gasteiger partial charge < -0.3 is 9.84 Å². The normalized spacial score (nSPS) is 37.1. The van der Waals surface area contributed by atoms with Gasteiger partial charge in [0.1, 0.15) is 6.04 Å². The summed E-state index contributed by atoms with van der Waals surface area (Å²) in [5.74, 6) is 0.428. The summed E-state index contributed by atoms with van der Waals surface area (Å²) in [7, 11) is 1.76. The Morgan fingerprint density at radius 2 is 2.13 bits per heavy atom. The second kappa shape index (κ2) is 4.10. The lowest BCUT2D eigenvalue weighted by Crippen LogP contribution is -2.62. The van der Waals surface area contributed by atoms with Crippen molar-refractivity contribution in [1.29, 1.82) is 0 Å². The molecule has 3 fully saturated rings. The maximum Gasteiger partial charge on any atom is 0.320 e. The monoisotopic (exact) mass is 213 g/mol. The van der Waals surface area contributed by atoms with Crippen molar-refractivity contribution in [3.05, 3.63) is 0 Å². The number of nitrogens with zero attached hydrogens (tertiary/aromatic N) is 1. The Kier molecular flexibility index (Phi) is 2.98. The highest BCUT2D eigenvalue weighted by atomic mass is 16.5. The lowest BCUT2D eigenvalue weighted by molar-refractivity contribution is -0.159. The molecule has 0 aromatic carbocycles. The fourth-order valence-electron chi connectivity index (χ4n) is 3.11. The number of carboxylic acid groups (broad SMARTS) is 1. The van der Waals surface area contributed by atoms with Gasteiger partial charge in [-0.1, -0.05) is 6.92 Å². The van der Waals surface area contributed by atoms with E-state index in [4.69, 9.17) is 9.84 Å². The highest BCUT2D eigenvalue weighted by Crippen LogP contribution is 2.42. The summed E-state index contributed by atoms with van der Waals surface area (Å²) in [5.41, 5.74) is 0. The summed E-state index contributed by atoms with van der Waals surface area (Å²) in [5, 5.41) is 9.08. The minimum absolute atomic E-state index is 0.298. The number of hydrogen-bond donors (Lipinski definition) is 1. The van der Waals surface area contributed by atoms with Gasteiger partial charge in [-0.25, -0.2) is 0 Å². The molecule has 0 amide bonds. The lowest BCUT2D eigenvalue weighted by atomic mass is 9.67. The van der Waals surface area contributed by atoms with E-state index < -0.39 is 5.97 Å². The number of piperidine rings is 2. The van der Waals surface area contributed by atoms with E-state index in [0.29, 0.717) is 24.4 Å². The molecule has 0 aromatic rings. The molecule has 4 atom stereocenters. The first kappa shape index (κ1) is 10.9. The SMILES string of the molecule is CC[C@H](C(=O)O)N1C[C@H]2C[C@@H](C1)C2OC. The van der Waals surface area contributed by atoms with E-state index in [-0.39, 0.29) is 6.04 Å². The standard InChI is InChI=1S/C11H19NO3/c1-3-9(11(13)14)12-5-7-4-8(6-12)10(7)15-2/h7-10H,3-6H2,1-2H3,(H,13,14)/t7-,8+,9-,10?/m1/s1. The number of fused-ring (bicyclic) bond motifs is 2. The van der Waals surface area contributed by atoms with Crippen LogP contribution in [-0.4, -0.2) is 48.3 Å². The number of rotatable bonds is 4. The highest BCUT2D eigenvalue weighted by Gasteiger charge is 2.48. The Morgan fingerprint density at radius 3 is 2.53 bits per heavy atom. The van der Waals surface area contributed by atoms with Crippen LogP contribution < -0.4 is 0 Å². The molecule has 1 saturated carbocycles. The van der Waals surface area contributed by atoms with Gasteiger partial charge in [0.05, 0.1) is 6.10 Å². The van der Waals surface area contributed by atoms with Crippen molar-refractivity contribution in [3.8, 4) is 0 Å². The van der Waals surface area contributed by atoms with E-state index in [2.05, 4.69) is 4.90 Å². The molecule has 2 heterocycles. The largest absolute Gasteiger partial charge is 0.480 e. The van der Waals surface area contributed by atoms with Crippen LogP contribution in [0.1, 0.15) is 19.8 Å². The summed E-state index contributed by atoms with van der Waals surface area (Å²) in [6, 6.07) is -0.298. The van der Waals surface area contributed by atoms with Crippen LogP contribution in [0.2, 0.25) is 0 Å². The van der Waals surface area contributed by atoms with Crippen LogP contribution in [0.3, 0.4) is 0 Å². The maximum absolute atomic E-state index is 11.0. The molecule has 2 bridgehead atoms. The molecule has 3 rings (SSSR count). The van der Waals surface area contributed by atoms with Crippen molar-refractivity contribution < 1.29 is 14.6 Å². The number of methoxy groups -OCH3 is 1. The second-order valence-corrected chi connectivity index (χ2v) is 4.67. The molecule has 0 aromatic heterocycles. The minimum atomic E-state index is -0.687. The predicted octanol–water partition coefficient (Wildman–Crippen LogP) is 0.816. The molecule has 1 N–H and O–H groups in total. The van der Waals surface area contributed by atoms with Gasteiger partial charge in [-0.05, 0) is 24.7 Å². The van der Waals surface area contributed by atoms with E-state index >= 15 is 0 Å². The number of aliphatic carboxylic acids is 1.